The quantitative estimate of drug-likeness (QED) is 0.580. The van der Waals surface area contributed by atoms with Gasteiger partial charge in [0, 0.05) is 12.6 Å². The molecule has 1 aromatic rings. The van der Waals surface area contributed by atoms with E-state index in [2.05, 4.69) is 22.3 Å². The second-order valence-electron chi connectivity index (χ2n) is 4.77. The molecule has 1 aliphatic rings. The minimum absolute atomic E-state index is 0.394. The van der Waals surface area contributed by atoms with E-state index >= 15 is 0 Å². The topological polar surface area (TPSA) is 47.3 Å². The second kappa shape index (κ2) is 7.11. The Hall–Kier alpha value is -0.420. The van der Waals surface area contributed by atoms with Gasteiger partial charge in [0.05, 0.1) is 6.10 Å². The standard InChI is InChI=1S/C13H22N2OS/c14-15-12(9-11-6-8-17-10-11)3-1-4-13-5-2-7-16-13/h6,8,10,12-13,15H,1-5,7,9,14H2. The lowest BCUT2D eigenvalue weighted by molar-refractivity contribution is 0.101. The van der Waals surface area contributed by atoms with Gasteiger partial charge in [0.25, 0.3) is 0 Å². The van der Waals surface area contributed by atoms with Crippen LogP contribution in [0.1, 0.15) is 37.7 Å². The maximum absolute atomic E-state index is 5.62. The highest BCUT2D eigenvalue weighted by Crippen LogP contribution is 2.19. The van der Waals surface area contributed by atoms with Gasteiger partial charge in [-0.05, 0) is 60.9 Å². The minimum atomic E-state index is 0.394. The highest BCUT2D eigenvalue weighted by atomic mass is 32.1. The predicted molar refractivity (Wildman–Crippen MR) is 72.0 cm³/mol. The highest BCUT2D eigenvalue weighted by Gasteiger charge is 2.16. The molecule has 17 heavy (non-hydrogen) atoms. The van der Waals surface area contributed by atoms with Crippen LogP contribution >= 0.6 is 11.3 Å². The van der Waals surface area contributed by atoms with E-state index in [4.69, 9.17) is 10.6 Å². The first-order valence-corrected chi connectivity index (χ1v) is 7.41. The van der Waals surface area contributed by atoms with Gasteiger partial charge in [-0.25, -0.2) is 0 Å². The van der Waals surface area contributed by atoms with Gasteiger partial charge in [-0.1, -0.05) is 0 Å². The molecule has 3 nitrogen and oxygen atoms in total. The normalized spacial score (nSPS) is 21.8. The summed E-state index contributed by atoms with van der Waals surface area (Å²) in [5, 5.41) is 4.32. The molecule has 2 atom stereocenters. The van der Waals surface area contributed by atoms with Crippen LogP contribution in [0.2, 0.25) is 0 Å². The Balaban J connectivity index is 1.64. The van der Waals surface area contributed by atoms with Gasteiger partial charge >= 0.3 is 0 Å². The Bertz CT molecular complexity index is 296. The number of hydrogen-bond acceptors (Lipinski definition) is 4. The number of nitrogens with one attached hydrogen (secondary N) is 1. The summed E-state index contributed by atoms with van der Waals surface area (Å²) in [6, 6.07) is 2.57. The van der Waals surface area contributed by atoms with Crippen LogP contribution in [0, 0.1) is 0 Å². The van der Waals surface area contributed by atoms with Crippen LogP contribution in [0.3, 0.4) is 0 Å². The van der Waals surface area contributed by atoms with Crippen molar-refractivity contribution in [2.24, 2.45) is 5.84 Å². The minimum Gasteiger partial charge on any atom is -0.378 e. The average Bonchev–Trinajstić information content (AvgIpc) is 3.00. The fourth-order valence-electron chi connectivity index (χ4n) is 2.40. The molecule has 1 saturated heterocycles. The van der Waals surface area contributed by atoms with Crippen LogP contribution in [0.5, 0.6) is 0 Å². The molecule has 0 aromatic carbocycles. The van der Waals surface area contributed by atoms with Gasteiger partial charge in [-0.15, -0.1) is 0 Å². The van der Waals surface area contributed by atoms with Crippen molar-refractivity contribution < 1.29 is 4.74 Å². The van der Waals surface area contributed by atoms with Gasteiger partial charge in [-0.2, -0.15) is 11.3 Å². The summed E-state index contributed by atoms with van der Waals surface area (Å²) in [6.45, 7) is 0.956. The lowest BCUT2D eigenvalue weighted by Crippen LogP contribution is -2.36. The molecule has 4 heteroatoms. The average molecular weight is 254 g/mol. The molecule has 1 aromatic heterocycles. The van der Waals surface area contributed by atoms with Crippen molar-refractivity contribution in [2.75, 3.05) is 6.61 Å². The summed E-state index contributed by atoms with van der Waals surface area (Å²) < 4.78 is 5.62. The van der Waals surface area contributed by atoms with E-state index in [1.54, 1.807) is 11.3 Å². The van der Waals surface area contributed by atoms with Crippen molar-refractivity contribution in [1.29, 1.82) is 0 Å². The van der Waals surface area contributed by atoms with Gasteiger partial charge in [0.2, 0.25) is 0 Å². The van der Waals surface area contributed by atoms with Gasteiger partial charge in [-0.3, -0.25) is 11.3 Å². The van der Waals surface area contributed by atoms with Crippen molar-refractivity contribution in [3.63, 3.8) is 0 Å². The Morgan fingerprint density at radius 3 is 3.18 bits per heavy atom. The Kier molecular flexibility index (Phi) is 5.45. The third-order valence-electron chi connectivity index (χ3n) is 3.40. The fourth-order valence-corrected chi connectivity index (χ4v) is 3.08. The largest absolute Gasteiger partial charge is 0.378 e. The molecule has 0 amide bonds. The molecule has 0 bridgehead atoms. The smallest absolute Gasteiger partial charge is 0.0576 e. The monoisotopic (exact) mass is 254 g/mol. The van der Waals surface area contributed by atoms with E-state index in [9.17, 15) is 0 Å². The molecule has 2 unspecified atom stereocenters. The summed E-state index contributed by atoms with van der Waals surface area (Å²) >= 11 is 1.75. The lowest BCUT2D eigenvalue weighted by Gasteiger charge is -2.16. The predicted octanol–water partition coefficient (Wildman–Crippen LogP) is 2.47. The van der Waals surface area contributed by atoms with Gasteiger partial charge < -0.3 is 4.74 Å². The first kappa shape index (κ1) is 13.0. The molecule has 2 heterocycles. The van der Waals surface area contributed by atoms with Crippen LogP contribution in [0.4, 0.5) is 0 Å². The maximum atomic E-state index is 5.62. The number of hydrazine groups is 1. The third kappa shape index (κ3) is 4.39. The SMILES string of the molecule is NNC(CCCC1CCCO1)Cc1ccsc1. The molecule has 1 fully saturated rings. The summed E-state index contributed by atoms with van der Waals surface area (Å²) in [6.07, 6.45) is 7.53. The van der Waals surface area contributed by atoms with Crippen molar-refractivity contribution in [3.05, 3.63) is 22.4 Å². The van der Waals surface area contributed by atoms with Crippen LogP contribution in [0.25, 0.3) is 0 Å². The number of thiophene rings is 1. The Morgan fingerprint density at radius 1 is 1.59 bits per heavy atom. The van der Waals surface area contributed by atoms with Crippen molar-refractivity contribution >= 4 is 11.3 Å². The van der Waals surface area contributed by atoms with Crippen LogP contribution in [-0.2, 0) is 11.2 Å². The summed E-state index contributed by atoms with van der Waals surface area (Å²) in [5.74, 6) is 5.61. The van der Waals surface area contributed by atoms with Crippen molar-refractivity contribution in [2.45, 2.75) is 50.7 Å². The van der Waals surface area contributed by atoms with E-state index in [0.29, 0.717) is 12.1 Å². The highest BCUT2D eigenvalue weighted by molar-refractivity contribution is 7.07. The van der Waals surface area contributed by atoms with E-state index in [-0.39, 0.29) is 0 Å². The van der Waals surface area contributed by atoms with Crippen LogP contribution < -0.4 is 11.3 Å². The van der Waals surface area contributed by atoms with Crippen LogP contribution in [-0.4, -0.2) is 18.8 Å². The zero-order valence-electron chi connectivity index (χ0n) is 10.2. The molecule has 3 N–H and O–H groups in total. The molecule has 0 aliphatic carbocycles. The Morgan fingerprint density at radius 2 is 2.53 bits per heavy atom. The van der Waals surface area contributed by atoms with E-state index in [1.165, 1.54) is 31.2 Å². The molecular weight excluding hydrogens is 232 g/mol. The van der Waals surface area contributed by atoms with Gasteiger partial charge in [0.1, 0.15) is 0 Å². The Labute approximate surface area is 107 Å². The van der Waals surface area contributed by atoms with E-state index < -0.39 is 0 Å². The second-order valence-corrected chi connectivity index (χ2v) is 5.55. The first-order chi connectivity index (χ1) is 8.38. The fraction of sp³-hybridized carbons (Fsp3) is 0.692. The molecule has 96 valence electrons. The number of rotatable bonds is 7. The van der Waals surface area contributed by atoms with E-state index in [0.717, 1.165) is 19.4 Å². The zero-order valence-corrected chi connectivity index (χ0v) is 11.0. The number of ether oxygens (including phenoxy) is 1. The lowest BCUT2D eigenvalue weighted by atomic mass is 10.0. The maximum Gasteiger partial charge on any atom is 0.0576 e. The summed E-state index contributed by atoms with van der Waals surface area (Å²) in [4.78, 5) is 0. The number of nitrogens with two attached hydrogens (primary N) is 1. The zero-order chi connectivity index (χ0) is 11.9. The first-order valence-electron chi connectivity index (χ1n) is 6.47. The molecular formula is C13H22N2OS. The molecule has 1 aliphatic heterocycles. The molecule has 0 saturated carbocycles. The molecule has 0 radical (unpaired) electrons. The number of hydrogen-bond donors (Lipinski definition) is 2. The van der Waals surface area contributed by atoms with Crippen molar-refractivity contribution in [1.82, 2.24) is 5.43 Å². The third-order valence-corrected chi connectivity index (χ3v) is 4.13. The van der Waals surface area contributed by atoms with E-state index in [1.807, 2.05) is 0 Å². The van der Waals surface area contributed by atoms with Crippen molar-refractivity contribution in [3.8, 4) is 0 Å². The molecule has 2 rings (SSSR count). The summed E-state index contributed by atoms with van der Waals surface area (Å²) in [5.41, 5.74) is 4.31. The molecule has 0 spiro atoms. The van der Waals surface area contributed by atoms with Gasteiger partial charge in [0.15, 0.2) is 0 Å². The summed E-state index contributed by atoms with van der Waals surface area (Å²) in [7, 11) is 0. The van der Waals surface area contributed by atoms with Crippen LogP contribution in [0.15, 0.2) is 16.8 Å².